The zero-order valence-electron chi connectivity index (χ0n) is 6.75. The summed E-state index contributed by atoms with van der Waals surface area (Å²) in [7, 11) is 0. The van der Waals surface area contributed by atoms with E-state index in [2.05, 4.69) is 43.4 Å². The second-order valence-corrected chi connectivity index (χ2v) is 3.09. The van der Waals surface area contributed by atoms with Crippen molar-refractivity contribution in [1.82, 2.24) is 0 Å². The van der Waals surface area contributed by atoms with Gasteiger partial charge in [-0.15, -0.1) is 0 Å². The fourth-order valence-corrected chi connectivity index (χ4v) is 1.61. The van der Waals surface area contributed by atoms with E-state index in [4.69, 9.17) is 0 Å². The summed E-state index contributed by atoms with van der Waals surface area (Å²) in [5.74, 6) is 0.626. The van der Waals surface area contributed by atoms with Crippen LogP contribution >= 0.6 is 0 Å². The van der Waals surface area contributed by atoms with Crippen LogP contribution in [0.5, 0.6) is 0 Å². The van der Waals surface area contributed by atoms with E-state index >= 15 is 0 Å². The van der Waals surface area contributed by atoms with Crippen LogP contribution in [0.3, 0.4) is 0 Å². The molecular weight excluding hydrogens is 132 g/mol. The van der Waals surface area contributed by atoms with Crippen LogP contribution in [-0.4, -0.2) is 0 Å². The first-order valence-corrected chi connectivity index (χ1v) is 4.13. The van der Waals surface area contributed by atoms with Crippen LogP contribution in [0.25, 0.3) is 0 Å². The van der Waals surface area contributed by atoms with Gasteiger partial charge < -0.3 is 0 Å². The minimum atomic E-state index is 0.626. The second-order valence-electron chi connectivity index (χ2n) is 3.09. The summed E-state index contributed by atoms with van der Waals surface area (Å²) in [4.78, 5) is 0. The zero-order chi connectivity index (χ0) is 7.68. The molecule has 1 atom stereocenters. The monoisotopic (exact) mass is 144 g/mol. The molecule has 0 heterocycles. The largest absolute Gasteiger partial charge is 0.0807 e. The molecule has 0 fully saturated rings. The molecule has 2 rings (SSSR count). The molecule has 0 aromatic heterocycles. The third-order valence-electron chi connectivity index (χ3n) is 2.27. The van der Waals surface area contributed by atoms with Gasteiger partial charge in [0.15, 0.2) is 0 Å². The lowest BCUT2D eigenvalue weighted by Gasteiger charge is -2.03. The number of rotatable bonds is 0. The van der Waals surface area contributed by atoms with E-state index in [9.17, 15) is 0 Å². The zero-order valence-corrected chi connectivity index (χ0v) is 6.75. The van der Waals surface area contributed by atoms with Gasteiger partial charge in [-0.2, -0.15) is 0 Å². The van der Waals surface area contributed by atoms with Crippen LogP contribution in [-0.2, 0) is 0 Å². The van der Waals surface area contributed by atoms with Crippen LogP contribution in [0.1, 0.15) is 13.3 Å². The van der Waals surface area contributed by atoms with Crippen LogP contribution in [0.4, 0.5) is 0 Å². The van der Waals surface area contributed by atoms with Crippen molar-refractivity contribution in [1.29, 1.82) is 0 Å². The highest BCUT2D eigenvalue weighted by Crippen LogP contribution is 2.30. The lowest BCUT2D eigenvalue weighted by Crippen LogP contribution is -1.89. The third kappa shape index (κ3) is 1.09. The van der Waals surface area contributed by atoms with Crippen molar-refractivity contribution in [2.24, 2.45) is 5.92 Å². The van der Waals surface area contributed by atoms with E-state index < -0.39 is 0 Å². The predicted molar refractivity (Wildman–Crippen MR) is 48.2 cm³/mol. The topological polar surface area (TPSA) is 0 Å². The second kappa shape index (κ2) is 2.54. The van der Waals surface area contributed by atoms with Gasteiger partial charge in [0.05, 0.1) is 0 Å². The minimum Gasteiger partial charge on any atom is -0.0807 e. The Labute approximate surface area is 67.6 Å². The van der Waals surface area contributed by atoms with E-state index in [1.54, 1.807) is 0 Å². The number of fused-ring (bicyclic) bond motifs is 1. The molecule has 0 bridgehead atoms. The summed E-state index contributed by atoms with van der Waals surface area (Å²) in [6.07, 6.45) is 14.4. The Kier molecular flexibility index (Phi) is 1.54. The molecule has 56 valence electrons. The summed E-state index contributed by atoms with van der Waals surface area (Å²) in [6, 6.07) is 0. The average molecular weight is 144 g/mol. The van der Waals surface area contributed by atoms with Crippen molar-refractivity contribution in [3.05, 3.63) is 47.6 Å². The van der Waals surface area contributed by atoms with Crippen LogP contribution in [0.2, 0.25) is 0 Å². The SMILES string of the molecule is CC1C=CC2=CC=CCC=C21. The molecular formula is C11H12. The summed E-state index contributed by atoms with van der Waals surface area (Å²) in [5, 5.41) is 0. The average Bonchev–Trinajstić information content (AvgIpc) is 2.25. The van der Waals surface area contributed by atoms with Crippen molar-refractivity contribution >= 4 is 0 Å². The Bertz CT molecular complexity index is 274. The first kappa shape index (κ1) is 6.66. The van der Waals surface area contributed by atoms with Gasteiger partial charge in [0, 0.05) is 0 Å². The maximum atomic E-state index is 2.32. The maximum Gasteiger partial charge on any atom is -0.000422 e. The van der Waals surface area contributed by atoms with Crippen molar-refractivity contribution in [3.8, 4) is 0 Å². The van der Waals surface area contributed by atoms with Gasteiger partial charge in [0.25, 0.3) is 0 Å². The molecule has 0 aromatic carbocycles. The molecule has 0 saturated heterocycles. The summed E-state index contributed by atoms with van der Waals surface area (Å²) in [5.41, 5.74) is 2.89. The van der Waals surface area contributed by atoms with E-state index in [1.165, 1.54) is 11.1 Å². The predicted octanol–water partition coefficient (Wildman–Crippen LogP) is 3.01. The first-order chi connectivity index (χ1) is 5.38. The summed E-state index contributed by atoms with van der Waals surface area (Å²) in [6.45, 7) is 2.24. The molecule has 2 aliphatic rings. The molecule has 0 amide bonds. The fraction of sp³-hybridized carbons (Fsp3) is 0.273. The Hall–Kier alpha value is -1.04. The highest BCUT2D eigenvalue weighted by atomic mass is 14.2. The molecule has 0 nitrogen and oxygen atoms in total. The number of hydrogen-bond donors (Lipinski definition) is 0. The van der Waals surface area contributed by atoms with E-state index in [-0.39, 0.29) is 0 Å². The normalized spacial score (nSPS) is 27.5. The summed E-state index contributed by atoms with van der Waals surface area (Å²) >= 11 is 0. The highest BCUT2D eigenvalue weighted by molar-refractivity contribution is 5.51. The molecule has 2 aliphatic carbocycles. The maximum absolute atomic E-state index is 2.32. The van der Waals surface area contributed by atoms with E-state index in [0.717, 1.165) is 6.42 Å². The molecule has 11 heavy (non-hydrogen) atoms. The van der Waals surface area contributed by atoms with Crippen molar-refractivity contribution in [2.75, 3.05) is 0 Å². The lowest BCUT2D eigenvalue weighted by atomic mass is 10.0. The molecule has 0 aromatic rings. The van der Waals surface area contributed by atoms with Crippen molar-refractivity contribution in [3.63, 3.8) is 0 Å². The lowest BCUT2D eigenvalue weighted by molar-refractivity contribution is 0.903. The first-order valence-electron chi connectivity index (χ1n) is 4.13. The molecule has 0 aliphatic heterocycles. The van der Waals surface area contributed by atoms with Crippen molar-refractivity contribution < 1.29 is 0 Å². The molecule has 0 saturated carbocycles. The molecule has 1 unspecified atom stereocenters. The van der Waals surface area contributed by atoms with Gasteiger partial charge in [0.1, 0.15) is 0 Å². The quantitative estimate of drug-likeness (QED) is 0.490. The Morgan fingerprint density at radius 3 is 3.27 bits per heavy atom. The standard InChI is InChI=1S/C11H12/c1-9-7-8-10-5-3-2-4-6-11(9)10/h2-3,5-9H,4H2,1H3. The van der Waals surface area contributed by atoms with Gasteiger partial charge >= 0.3 is 0 Å². The highest BCUT2D eigenvalue weighted by Gasteiger charge is 2.14. The molecule has 0 N–H and O–H groups in total. The van der Waals surface area contributed by atoms with Crippen LogP contribution < -0.4 is 0 Å². The number of hydrogen-bond acceptors (Lipinski definition) is 0. The van der Waals surface area contributed by atoms with Gasteiger partial charge in [-0.3, -0.25) is 0 Å². The van der Waals surface area contributed by atoms with Gasteiger partial charge in [-0.1, -0.05) is 43.4 Å². The third-order valence-corrected chi connectivity index (χ3v) is 2.27. The summed E-state index contributed by atoms with van der Waals surface area (Å²) < 4.78 is 0. The molecule has 0 heteroatoms. The van der Waals surface area contributed by atoms with E-state index in [0.29, 0.717) is 5.92 Å². The van der Waals surface area contributed by atoms with Gasteiger partial charge in [0.2, 0.25) is 0 Å². The number of allylic oxidation sites excluding steroid dienone is 8. The van der Waals surface area contributed by atoms with Gasteiger partial charge in [-0.05, 0) is 23.5 Å². The molecule has 0 spiro atoms. The van der Waals surface area contributed by atoms with Crippen LogP contribution in [0, 0.1) is 5.92 Å². The Morgan fingerprint density at radius 2 is 2.36 bits per heavy atom. The van der Waals surface area contributed by atoms with Crippen molar-refractivity contribution in [2.45, 2.75) is 13.3 Å². The minimum absolute atomic E-state index is 0.626. The van der Waals surface area contributed by atoms with Gasteiger partial charge in [-0.25, -0.2) is 0 Å². The fourth-order valence-electron chi connectivity index (χ4n) is 1.61. The smallest absolute Gasteiger partial charge is 0.000422 e. The Balaban J connectivity index is 2.42. The van der Waals surface area contributed by atoms with Crippen LogP contribution in [0.15, 0.2) is 47.6 Å². The molecule has 0 radical (unpaired) electrons. The van der Waals surface area contributed by atoms with E-state index in [1.807, 2.05) is 0 Å². The Morgan fingerprint density at radius 1 is 1.45 bits per heavy atom.